The quantitative estimate of drug-likeness (QED) is 0.744. The molecule has 0 unspecified atom stereocenters. The average Bonchev–Trinajstić information content (AvgIpc) is 2.39. The van der Waals surface area contributed by atoms with E-state index >= 15 is 0 Å². The highest BCUT2D eigenvalue weighted by molar-refractivity contribution is 5.68. The van der Waals surface area contributed by atoms with E-state index in [9.17, 15) is 4.79 Å². The summed E-state index contributed by atoms with van der Waals surface area (Å²) in [5.41, 5.74) is 0.970. The Morgan fingerprint density at radius 2 is 1.72 bits per heavy atom. The highest BCUT2D eigenvalue weighted by atomic mass is 16.5. The van der Waals surface area contributed by atoms with Crippen LogP contribution in [0.4, 0.5) is 0 Å². The number of hydrogen-bond acceptors (Lipinski definition) is 3. The van der Waals surface area contributed by atoms with E-state index in [4.69, 9.17) is 9.47 Å². The molecule has 0 aliphatic carbocycles. The van der Waals surface area contributed by atoms with E-state index in [1.54, 1.807) is 6.92 Å². The Bertz CT molecular complexity index is 328. The molecule has 0 aliphatic heterocycles. The van der Waals surface area contributed by atoms with Crippen molar-refractivity contribution in [3.8, 4) is 5.75 Å². The van der Waals surface area contributed by atoms with Gasteiger partial charge in [0, 0.05) is 6.42 Å². The van der Waals surface area contributed by atoms with Crippen LogP contribution in [0.15, 0.2) is 24.3 Å². The van der Waals surface area contributed by atoms with Crippen molar-refractivity contribution in [2.24, 2.45) is 0 Å². The van der Waals surface area contributed by atoms with Gasteiger partial charge in [-0.1, -0.05) is 32.9 Å². The summed E-state index contributed by atoms with van der Waals surface area (Å²) in [6.07, 6.45) is 0.581. The molecule has 0 amide bonds. The number of rotatable bonds is 5. The molecule has 0 N–H and O–H groups in total. The number of ether oxygens (including phenoxy) is 2. The molecule has 0 radical (unpaired) electrons. The van der Waals surface area contributed by atoms with Crippen molar-refractivity contribution in [1.82, 2.24) is 0 Å². The molecule has 18 heavy (non-hydrogen) atoms. The molecule has 0 bridgehead atoms. The van der Waals surface area contributed by atoms with Crippen LogP contribution in [0.1, 0.15) is 46.6 Å². The Morgan fingerprint density at radius 3 is 2.17 bits per heavy atom. The molecule has 1 aromatic carbocycles. The predicted octanol–water partition coefficient (Wildman–Crippen LogP) is 3.95. The lowest BCUT2D eigenvalue weighted by atomic mass is 10.2. The van der Waals surface area contributed by atoms with E-state index in [1.807, 2.05) is 52.0 Å². The van der Waals surface area contributed by atoms with Gasteiger partial charge >= 0.3 is 5.97 Å². The molecule has 102 valence electrons. The van der Waals surface area contributed by atoms with Crippen LogP contribution < -0.4 is 4.74 Å². The van der Waals surface area contributed by atoms with Gasteiger partial charge in [-0.3, -0.25) is 4.79 Å². The Balaban J connectivity index is 0.00000137. The molecule has 1 aromatic rings. The van der Waals surface area contributed by atoms with Crippen molar-refractivity contribution in [3.63, 3.8) is 0 Å². The molecule has 0 saturated carbocycles. The number of esters is 1. The Kier molecular flexibility index (Phi) is 8.71. The summed E-state index contributed by atoms with van der Waals surface area (Å²) in [5.74, 6) is 0.656. The fraction of sp³-hybridized carbons (Fsp3) is 0.533. The van der Waals surface area contributed by atoms with Gasteiger partial charge in [-0.15, -0.1) is 0 Å². The predicted molar refractivity (Wildman–Crippen MR) is 73.6 cm³/mol. The van der Waals surface area contributed by atoms with Crippen molar-refractivity contribution in [1.29, 1.82) is 0 Å². The SMILES string of the molecule is CC.CCC(=O)OCc1ccc(OC(C)C)cc1. The van der Waals surface area contributed by atoms with Gasteiger partial charge in [0.25, 0.3) is 0 Å². The summed E-state index contributed by atoms with van der Waals surface area (Å²) in [6, 6.07) is 7.57. The average molecular weight is 252 g/mol. The molecule has 0 aliphatic rings. The molecule has 1 rings (SSSR count). The van der Waals surface area contributed by atoms with Crippen LogP contribution in [0.2, 0.25) is 0 Å². The summed E-state index contributed by atoms with van der Waals surface area (Å²) in [7, 11) is 0. The zero-order chi connectivity index (χ0) is 14.0. The van der Waals surface area contributed by atoms with Gasteiger partial charge in [0.15, 0.2) is 0 Å². The summed E-state index contributed by atoms with van der Waals surface area (Å²) < 4.78 is 10.5. The second-order valence-electron chi connectivity index (χ2n) is 3.82. The highest BCUT2D eigenvalue weighted by Crippen LogP contribution is 2.14. The minimum Gasteiger partial charge on any atom is -0.491 e. The largest absolute Gasteiger partial charge is 0.491 e. The molecule has 0 saturated heterocycles. The lowest BCUT2D eigenvalue weighted by Crippen LogP contribution is -2.05. The molecule has 0 heterocycles. The van der Waals surface area contributed by atoms with E-state index in [-0.39, 0.29) is 12.1 Å². The van der Waals surface area contributed by atoms with Crippen molar-refractivity contribution in [2.75, 3.05) is 0 Å². The summed E-state index contributed by atoms with van der Waals surface area (Å²) >= 11 is 0. The second-order valence-corrected chi connectivity index (χ2v) is 3.82. The van der Waals surface area contributed by atoms with E-state index < -0.39 is 0 Å². The summed E-state index contributed by atoms with van der Waals surface area (Å²) in [4.78, 5) is 11.0. The first-order valence-electron chi connectivity index (χ1n) is 6.53. The first-order valence-corrected chi connectivity index (χ1v) is 6.53. The molecule has 0 aromatic heterocycles. The van der Waals surface area contributed by atoms with Gasteiger partial charge in [0.05, 0.1) is 6.10 Å². The van der Waals surface area contributed by atoms with Crippen LogP contribution in [0, 0.1) is 0 Å². The summed E-state index contributed by atoms with van der Waals surface area (Å²) in [5, 5.41) is 0. The first-order chi connectivity index (χ1) is 8.61. The molecular formula is C15H24O3. The van der Waals surface area contributed by atoms with E-state index in [1.165, 1.54) is 0 Å². The second kappa shape index (κ2) is 9.51. The van der Waals surface area contributed by atoms with Gasteiger partial charge in [-0.05, 0) is 31.5 Å². The monoisotopic (exact) mass is 252 g/mol. The third-order valence-corrected chi connectivity index (χ3v) is 1.98. The highest BCUT2D eigenvalue weighted by Gasteiger charge is 2.01. The molecular weight excluding hydrogens is 228 g/mol. The van der Waals surface area contributed by atoms with Crippen LogP contribution in [0.3, 0.4) is 0 Å². The van der Waals surface area contributed by atoms with E-state index in [2.05, 4.69) is 0 Å². The maximum atomic E-state index is 11.0. The minimum absolute atomic E-state index is 0.170. The number of benzene rings is 1. The fourth-order valence-corrected chi connectivity index (χ4v) is 1.20. The maximum Gasteiger partial charge on any atom is 0.305 e. The third-order valence-electron chi connectivity index (χ3n) is 1.98. The molecule has 3 heteroatoms. The first kappa shape index (κ1) is 16.5. The Labute approximate surface area is 110 Å². The van der Waals surface area contributed by atoms with Gasteiger partial charge in [0.2, 0.25) is 0 Å². The molecule has 0 spiro atoms. The fourth-order valence-electron chi connectivity index (χ4n) is 1.20. The van der Waals surface area contributed by atoms with E-state index in [0.717, 1.165) is 11.3 Å². The minimum atomic E-state index is -0.178. The Hall–Kier alpha value is -1.51. The van der Waals surface area contributed by atoms with Crippen LogP contribution in [-0.2, 0) is 16.1 Å². The number of carbonyl (C=O) groups is 1. The zero-order valence-corrected chi connectivity index (χ0v) is 12.0. The third kappa shape index (κ3) is 6.94. The normalized spacial score (nSPS) is 9.44. The summed E-state index contributed by atoms with van der Waals surface area (Å²) in [6.45, 7) is 10.1. The molecule has 0 fully saturated rings. The molecule has 3 nitrogen and oxygen atoms in total. The van der Waals surface area contributed by atoms with E-state index in [0.29, 0.717) is 13.0 Å². The van der Waals surface area contributed by atoms with Gasteiger partial charge in [-0.25, -0.2) is 0 Å². The topological polar surface area (TPSA) is 35.5 Å². The van der Waals surface area contributed by atoms with Crippen LogP contribution in [0.5, 0.6) is 5.75 Å². The van der Waals surface area contributed by atoms with Crippen molar-refractivity contribution >= 4 is 5.97 Å². The standard InChI is InChI=1S/C13H18O3.C2H6/c1-4-13(14)15-9-11-5-7-12(8-6-11)16-10(2)3;1-2/h5-8,10H,4,9H2,1-3H3;1-2H3. The van der Waals surface area contributed by atoms with Crippen molar-refractivity contribution in [3.05, 3.63) is 29.8 Å². The number of hydrogen-bond donors (Lipinski definition) is 0. The number of carbonyl (C=O) groups excluding carboxylic acids is 1. The van der Waals surface area contributed by atoms with Gasteiger partial charge in [0.1, 0.15) is 12.4 Å². The van der Waals surface area contributed by atoms with Crippen molar-refractivity contribution < 1.29 is 14.3 Å². The lowest BCUT2D eigenvalue weighted by molar-refractivity contribution is -0.144. The van der Waals surface area contributed by atoms with Gasteiger partial charge in [-0.2, -0.15) is 0 Å². The molecule has 0 atom stereocenters. The van der Waals surface area contributed by atoms with Crippen LogP contribution in [-0.4, -0.2) is 12.1 Å². The zero-order valence-electron chi connectivity index (χ0n) is 12.0. The Morgan fingerprint density at radius 1 is 1.17 bits per heavy atom. The van der Waals surface area contributed by atoms with Crippen LogP contribution in [0.25, 0.3) is 0 Å². The smallest absolute Gasteiger partial charge is 0.305 e. The van der Waals surface area contributed by atoms with Crippen LogP contribution >= 0.6 is 0 Å². The maximum absolute atomic E-state index is 11.0. The van der Waals surface area contributed by atoms with Crippen molar-refractivity contribution in [2.45, 2.75) is 53.8 Å². The van der Waals surface area contributed by atoms with Gasteiger partial charge < -0.3 is 9.47 Å². The lowest BCUT2D eigenvalue weighted by Gasteiger charge is -2.10.